The first-order valence-electron chi connectivity index (χ1n) is 14.9. The molecule has 8 nitrogen and oxygen atoms in total. The summed E-state index contributed by atoms with van der Waals surface area (Å²) >= 11 is 0. The normalized spacial score (nSPS) is 19.1. The minimum atomic E-state index is -0.756. The van der Waals surface area contributed by atoms with Crippen LogP contribution in [-0.4, -0.2) is 52.4 Å². The van der Waals surface area contributed by atoms with E-state index in [-0.39, 0.29) is 30.5 Å². The van der Waals surface area contributed by atoms with Crippen molar-refractivity contribution in [3.8, 4) is 16.9 Å². The summed E-state index contributed by atoms with van der Waals surface area (Å²) in [7, 11) is 1.94. The molecule has 1 fully saturated rings. The Hall–Kier alpha value is -4.05. The van der Waals surface area contributed by atoms with Crippen LogP contribution in [0.2, 0.25) is 0 Å². The van der Waals surface area contributed by atoms with Gasteiger partial charge in [0.05, 0.1) is 24.9 Å². The van der Waals surface area contributed by atoms with Crippen molar-refractivity contribution in [1.82, 2.24) is 10.2 Å². The van der Waals surface area contributed by atoms with E-state index < -0.39 is 12.4 Å². The fourth-order valence-electron chi connectivity index (χ4n) is 5.51. The third-order valence-electron chi connectivity index (χ3n) is 7.85. The maximum absolute atomic E-state index is 11.3. The number of hydrogen-bond acceptors (Lipinski definition) is 7. The third kappa shape index (κ3) is 8.31. The zero-order valence-electron chi connectivity index (χ0n) is 25.1. The lowest BCUT2D eigenvalue weighted by Gasteiger charge is -2.38. The Morgan fingerprint density at radius 2 is 1.64 bits per heavy atom. The van der Waals surface area contributed by atoms with Crippen molar-refractivity contribution < 1.29 is 29.6 Å². The molecule has 8 heteroatoms. The maximum atomic E-state index is 11.3. The Kier molecular flexibility index (Phi) is 10.4. The molecule has 1 saturated heterocycles. The number of aliphatic hydroxyl groups excluding tert-OH is 2. The lowest BCUT2D eigenvalue weighted by Crippen LogP contribution is -2.39. The van der Waals surface area contributed by atoms with E-state index in [1.165, 1.54) is 6.92 Å². The monoisotopic (exact) mass is 596 g/mol. The van der Waals surface area contributed by atoms with Crippen molar-refractivity contribution in [2.45, 2.75) is 51.1 Å². The number of ether oxygens (including phenoxy) is 2. The molecule has 44 heavy (non-hydrogen) atoms. The first-order chi connectivity index (χ1) is 21.3. The highest BCUT2D eigenvalue weighted by Gasteiger charge is 2.33. The zero-order valence-corrected chi connectivity index (χ0v) is 25.1. The summed E-state index contributed by atoms with van der Waals surface area (Å²) in [4.78, 5) is 13.4. The standard InChI is InChI=1S/C36H40N2O6/c1-24(40)37-20-26-5-3-6-30(17-26)27-13-15-29(16-14-27)36-43-33(19-35(44-36)28-11-9-25(23-39)10-12-28)21-38(2)22-34(42)31-7-4-8-32(41)18-31/h3-18,33-36,39,41-42H,19-23H2,1-2H3,(H,37,40)/t33-,34+,35+,36+/m0/s1. The zero-order chi connectivity index (χ0) is 31.1. The van der Waals surface area contributed by atoms with Crippen molar-refractivity contribution >= 4 is 5.91 Å². The molecule has 0 unspecified atom stereocenters. The van der Waals surface area contributed by atoms with E-state index in [2.05, 4.69) is 11.4 Å². The van der Waals surface area contributed by atoms with Crippen LogP contribution in [0.25, 0.3) is 11.1 Å². The SMILES string of the molecule is CC(=O)NCc1cccc(-c2ccc([C@@H]3O[C@H](CN(C)C[C@@H](O)c4cccc(O)c4)C[C@H](c4ccc(CO)cc4)O3)cc2)c1. The molecule has 5 rings (SSSR count). The second-order valence-corrected chi connectivity index (χ2v) is 11.4. The Morgan fingerprint density at radius 1 is 0.909 bits per heavy atom. The van der Waals surface area contributed by atoms with Gasteiger partial charge in [0.25, 0.3) is 0 Å². The van der Waals surface area contributed by atoms with Gasteiger partial charge in [-0.15, -0.1) is 0 Å². The average Bonchev–Trinajstić information content (AvgIpc) is 3.04. The van der Waals surface area contributed by atoms with Crippen molar-refractivity contribution in [3.63, 3.8) is 0 Å². The fourth-order valence-corrected chi connectivity index (χ4v) is 5.51. The Morgan fingerprint density at radius 3 is 2.34 bits per heavy atom. The first kappa shape index (κ1) is 31.4. The number of aliphatic hydroxyl groups is 2. The van der Waals surface area contributed by atoms with Gasteiger partial charge in [-0.2, -0.15) is 0 Å². The molecule has 230 valence electrons. The van der Waals surface area contributed by atoms with E-state index >= 15 is 0 Å². The number of amides is 1. The molecule has 0 aromatic heterocycles. The van der Waals surface area contributed by atoms with Crippen LogP contribution >= 0.6 is 0 Å². The van der Waals surface area contributed by atoms with Gasteiger partial charge >= 0.3 is 0 Å². The summed E-state index contributed by atoms with van der Waals surface area (Å²) in [6.07, 6.45) is -1.13. The number of phenols is 1. The van der Waals surface area contributed by atoms with Crippen LogP contribution in [0.1, 0.15) is 59.7 Å². The number of phenolic OH excluding ortho intramolecular Hbond substituents is 1. The molecule has 1 aliphatic heterocycles. The molecule has 4 aromatic carbocycles. The highest BCUT2D eigenvalue weighted by atomic mass is 16.7. The summed E-state index contributed by atoms with van der Waals surface area (Å²) in [6.45, 7) is 2.91. The lowest BCUT2D eigenvalue weighted by molar-refractivity contribution is -0.252. The van der Waals surface area contributed by atoms with Gasteiger partial charge in [0.1, 0.15) is 5.75 Å². The first-order valence-corrected chi connectivity index (χ1v) is 14.9. The Bertz CT molecular complexity index is 1520. The van der Waals surface area contributed by atoms with E-state index in [0.717, 1.165) is 33.4 Å². The number of carbonyl (C=O) groups excluding carboxylic acids is 1. The van der Waals surface area contributed by atoms with Crippen LogP contribution in [-0.2, 0) is 27.4 Å². The highest BCUT2D eigenvalue weighted by Crippen LogP contribution is 2.38. The number of hydrogen-bond donors (Lipinski definition) is 4. The molecular formula is C36H40N2O6. The van der Waals surface area contributed by atoms with Crippen molar-refractivity contribution in [3.05, 3.63) is 125 Å². The molecule has 4 N–H and O–H groups in total. The predicted molar refractivity (Wildman–Crippen MR) is 168 cm³/mol. The second-order valence-electron chi connectivity index (χ2n) is 11.4. The summed E-state index contributed by atoms with van der Waals surface area (Å²) < 4.78 is 13.0. The van der Waals surface area contributed by atoms with Gasteiger partial charge in [-0.1, -0.05) is 78.9 Å². The average molecular weight is 597 g/mol. The van der Waals surface area contributed by atoms with Crippen molar-refractivity contribution in [2.75, 3.05) is 20.1 Å². The quantitative estimate of drug-likeness (QED) is 0.184. The molecule has 0 aliphatic carbocycles. The lowest BCUT2D eigenvalue weighted by atomic mass is 9.99. The minimum Gasteiger partial charge on any atom is -0.508 e. The van der Waals surface area contributed by atoms with Crippen LogP contribution in [0.3, 0.4) is 0 Å². The number of benzene rings is 4. The number of likely N-dealkylation sites (N-methyl/N-ethyl adjacent to an activating group) is 1. The van der Waals surface area contributed by atoms with E-state index in [1.807, 2.05) is 78.7 Å². The topological polar surface area (TPSA) is 111 Å². The van der Waals surface area contributed by atoms with Crippen molar-refractivity contribution in [2.24, 2.45) is 0 Å². The molecule has 1 amide bonds. The molecule has 1 heterocycles. The number of rotatable bonds is 11. The van der Waals surface area contributed by atoms with Gasteiger partial charge in [-0.3, -0.25) is 4.79 Å². The van der Waals surface area contributed by atoms with E-state index in [4.69, 9.17) is 9.47 Å². The molecule has 4 atom stereocenters. The van der Waals surface area contributed by atoms with Crippen LogP contribution in [0.4, 0.5) is 0 Å². The van der Waals surface area contributed by atoms with Crippen LogP contribution in [0, 0.1) is 0 Å². The van der Waals surface area contributed by atoms with E-state index in [9.17, 15) is 20.1 Å². The summed E-state index contributed by atoms with van der Waals surface area (Å²) in [5.41, 5.74) is 6.52. The van der Waals surface area contributed by atoms with Gasteiger partial charge < -0.3 is 35.0 Å². The third-order valence-corrected chi connectivity index (χ3v) is 7.85. The number of aromatic hydroxyl groups is 1. The van der Waals surface area contributed by atoms with E-state index in [0.29, 0.717) is 31.6 Å². The maximum Gasteiger partial charge on any atom is 0.217 e. The van der Waals surface area contributed by atoms with Gasteiger partial charge in [0, 0.05) is 38.5 Å². The van der Waals surface area contributed by atoms with Gasteiger partial charge in [-0.05, 0) is 58.6 Å². The number of nitrogens with zero attached hydrogens (tertiary/aromatic N) is 1. The second kappa shape index (κ2) is 14.6. The molecule has 0 radical (unpaired) electrons. The molecule has 0 bridgehead atoms. The van der Waals surface area contributed by atoms with Crippen LogP contribution in [0.15, 0.2) is 97.1 Å². The highest BCUT2D eigenvalue weighted by molar-refractivity contribution is 5.73. The molecular weight excluding hydrogens is 556 g/mol. The van der Waals surface area contributed by atoms with Crippen molar-refractivity contribution in [1.29, 1.82) is 0 Å². The Balaban J connectivity index is 1.32. The molecule has 4 aromatic rings. The van der Waals surface area contributed by atoms with Gasteiger partial charge in [0.2, 0.25) is 5.91 Å². The van der Waals surface area contributed by atoms with Crippen LogP contribution in [0.5, 0.6) is 5.75 Å². The van der Waals surface area contributed by atoms with Gasteiger partial charge in [0.15, 0.2) is 6.29 Å². The number of nitrogens with one attached hydrogen (secondary N) is 1. The van der Waals surface area contributed by atoms with Gasteiger partial charge in [-0.25, -0.2) is 0 Å². The van der Waals surface area contributed by atoms with E-state index in [1.54, 1.807) is 24.3 Å². The molecule has 0 spiro atoms. The summed E-state index contributed by atoms with van der Waals surface area (Å²) in [5.74, 6) is 0.0608. The Labute approximate surface area is 258 Å². The largest absolute Gasteiger partial charge is 0.508 e. The van der Waals surface area contributed by atoms with Crippen LogP contribution < -0.4 is 5.32 Å². The number of carbonyl (C=O) groups is 1. The minimum absolute atomic E-state index is 0.0189. The smallest absolute Gasteiger partial charge is 0.217 e. The fraction of sp³-hybridized carbons (Fsp3) is 0.306. The summed E-state index contributed by atoms with van der Waals surface area (Å²) in [6, 6.07) is 30.7. The summed E-state index contributed by atoms with van der Waals surface area (Å²) in [5, 5.41) is 32.9. The molecule has 0 saturated carbocycles. The molecule has 1 aliphatic rings. The predicted octanol–water partition coefficient (Wildman–Crippen LogP) is 5.40.